The summed E-state index contributed by atoms with van der Waals surface area (Å²) in [5.74, 6) is -1.48. The van der Waals surface area contributed by atoms with Crippen molar-refractivity contribution in [3.05, 3.63) is 34.1 Å². The maximum Gasteiger partial charge on any atom is 0.295 e. The molecule has 0 heterocycles. The molecule has 8 heteroatoms. The van der Waals surface area contributed by atoms with E-state index >= 15 is 0 Å². The normalized spacial score (nSPS) is 11.9. The van der Waals surface area contributed by atoms with Crippen molar-refractivity contribution < 1.29 is 18.8 Å². The molecule has 0 saturated carbocycles. The first kappa shape index (κ1) is 15.0. The first-order valence-corrected chi connectivity index (χ1v) is 5.45. The Labute approximate surface area is 108 Å². The van der Waals surface area contributed by atoms with Crippen molar-refractivity contribution >= 4 is 17.3 Å². The lowest BCUT2D eigenvalue weighted by molar-refractivity contribution is -0.384. The van der Waals surface area contributed by atoms with Crippen molar-refractivity contribution in [1.82, 2.24) is 0 Å². The Balaban J connectivity index is 2.87. The molecule has 1 aromatic rings. The molecular formula is C11H14FN3O4. The number of nitro groups is 1. The number of carbonyl (C=O) groups excluding carboxylic acids is 1. The van der Waals surface area contributed by atoms with Crippen LogP contribution in [0.2, 0.25) is 0 Å². The van der Waals surface area contributed by atoms with Crippen molar-refractivity contribution in [2.75, 3.05) is 19.0 Å². The van der Waals surface area contributed by atoms with Gasteiger partial charge in [0.2, 0.25) is 5.91 Å². The van der Waals surface area contributed by atoms with E-state index in [1.165, 1.54) is 13.2 Å². The second-order valence-electron chi connectivity index (χ2n) is 3.74. The fourth-order valence-corrected chi connectivity index (χ4v) is 1.45. The van der Waals surface area contributed by atoms with Crippen LogP contribution in [0.1, 0.15) is 6.42 Å². The number of rotatable bonds is 6. The van der Waals surface area contributed by atoms with Crippen LogP contribution in [0.5, 0.6) is 0 Å². The number of nitrogens with two attached hydrogens (primary N) is 1. The van der Waals surface area contributed by atoms with Crippen molar-refractivity contribution in [3.8, 4) is 0 Å². The summed E-state index contributed by atoms with van der Waals surface area (Å²) in [6, 6.07) is 3.33. The SMILES string of the molecule is COC(CN)CC(=O)Nc1c(F)cccc1[N+](=O)[O-]. The molecule has 104 valence electrons. The first-order valence-electron chi connectivity index (χ1n) is 5.45. The van der Waals surface area contributed by atoms with Gasteiger partial charge in [0.05, 0.1) is 17.4 Å². The molecule has 19 heavy (non-hydrogen) atoms. The Kier molecular flexibility index (Phi) is 5.34. The Morgan fingerprint density at radius 1 is 1.63 bits per heavy atom. The number of ether oxygens (including phenoxy) is 1. The van der Waals surface area contributed by atoms with E-state index < -0.39 is 34.1 Å². The van der Waals surface area contributed by atoms with Gasteiger partial charge >= 0.3 is 0 Å². The second kappa shape index (κ2) is 6.76. The number of anilines is 1. The highest BCUT2D eigenvalue weighted by Crippen LogP contribution is 2.27. The molecule has 7 nitrogen and oxygen atoms in total. The molecule has 0 aromatic heterocycles. The third-order valence-corrected chi connectivity index (χ3v) is 2.46. The molecular weight excluding hydrogens is 257 g/mol. The molecule has 1 rings (SSSR count). The molecule has 0 aliphatic rings. The highest BCUT2D eigenvalue weighted by Gasteiger charge is 2.21. The minimum absolute atomic E-state index is 0.113. The van der Waals surface area contributed by atoms with Gasteiger partial charge in [0, 0.05) is 19.7 Å². The van der Waals surface area contributed by atoms with Gasteiger partial charge in [-0.1, -0.05) is 6.07 Å². The monoisotopic (exact) mass is 271 g/mol. The predicted molar refractivity (Wildman–Crippen MR) is 66.2 cm³/mol. The number of nitrogens with one attached hydrogen (secondary N) is 1. The van der Waals surface area contributed by atoms with Crippen LogP contribution in [0, 0.1) is 15.9 Å². The third kappa shape index (κ3) is 3.97. The number of amides is 1. The molecule has 0 aliphatic heterocycles. The molecule has 0 saturated heterocycles. The molecule has 1 amide bonds. The first-order chi connectivity index (χ1) is 8.99. The van der Waals surface area contributed by atoms with E-state index in [2.05, 4.69) is 5.32 Å². The lowest BCUT2D eigenvalue weighted by atomic mass is 10.2. The summed E-state index contributed by atoms with van der Waals surface area (Å²) in [4.78, 5) is 21.6. The summed E-state index contributed by atoms with van der Waals surface area (Å²) < 4.78 is 18.4. The van der Waals surface area contributed by atoms with Gasteiger partial charge in [-0.2, -0.15) is 0 Å². The number of nitro benzene ring substituents is 1. The van der Waals surface area contributed by atoms with Crippen LogP contribution in [0.25, 0.3) is 0 Å². The Morgan fingerprint density at radius 2 is 2.32 bits per heavy atom. The summed E-state index contributed by atoms with van der Waals surface area (Å²) in [6.07, 6.45) is -0.635. The van der Waals surface area contributed by atoms with Crippen LogP contribution in [-0.2, 0) is 9.53 Å². The molecule has 0 spiro atoms. The largest absolute Gasteiger partial charge is 0.380 e. The van der Waals surface area contributed by atoms with Gasteiger partial charge < -0.3 is 15.8 Å². The molecule has 0 aliphatic carbocycles. The van der Waals surface area contributed by atoms with Gasteiger partial charge in [0.25, 0.3) is 5.69 Å². The Bertz CT molecular complexity index is 477. The highest BCUT2D eigenvalue weighted by atomic mass is 19.1. The average Bonchev–Trinajstić information content (AvgIpc) is 2.38. The van der Waals surface area contributed by atoms with Crippen LogP contribution in [0.15, 0.2) is 18.2 Å². The molecule has 3 N–H and O–H groups in total. The average molecular weight is 271 g/mol. The van der Waals surface area contributed by atoms with Crippen molar-refractivity contribution in [1.29, 1.82) is 0 Å². The second-order valence-corrected chi connectivity index (χ2v) is 3.74. The number of methoxy groups -OCH3 is 1. The molecule has 1 atom stereocenters. The summed E-state index contributed by atoms with van der Waals surface area (Å²) in [7, 11) is 1.39. The van der Waals surface area contributed by atoms with E-state index in [1.807, 2.05) is 0 Å². The van der Waals surface area contributed by atoms with E-state index in [4.69, 9.17) is 10.5 Å². The number of benzene rings is 1. The lowest BCUT2D eigenvalue weighted by Gasteiger charge is -2.12. The zero-order valence-electron chi connectivity index (χ0n) is 10.3. The van der Waals surface area contributed by atoms with Crippen LogP contribution in [0.3, 0.4) is 0 Å². The number of para-hydroxylation sites is 1. The standard InChI is InChI=1S/C11H14FN3O4/c1-19-7(6-13)5-10(16)14-11-8(12)3-2-4-9(11)15(17)18/h2-4,7H,5-6,13H2,1H3,(H,14,16). The number of carbonyl (C=O) groups is 1. The van der Waals surface area contributed by atoms with Crippen LogP contribution >= 0.6 is 0 Å². The number of nitrogens with zero attached hydrogens (tertiary/aromatic N) is 1. The molecule has 1 unspecified atom stereocenters. The van der Waals surface area contributed by atoms with Gasteiger partial charge in [0.15, 0.2) is 11.5 Å². The minimum atomic E-state index is -0.871. The highest BCUT2D eigenvalue weighted by molar-refractivity contribution is 5.93. The zero-order chi connectivity index (χ0) is 14.4. The lowest BCUT2D eigenvalue weighted by Crippen LogP contribution is -2.28. The maximum atomic E-state index is 13.5. The maximum absolute atomic E-state index is 13.5. The fourth-order valence-electron chi connectivity index (χ4n) is 1.45. The summed E-state index contributed by atoms with van der Waals surface area (Å²) in [5.41, 5.74) is 4.39. The van der Waals surface area contributed by atoms with Gasteiger partial charge in [-0.25, -0.2) is 4.39 Å². The summed E-state index contributed by atoms with van der Waals surface area (Å²) in [5, 5.41) is 12.9. The van der Waals surface area contributed by atoms with E-state index in [0.29, 0.717) is 0 Å². The third-order valence-electron chi connectivity index (χ3n) is 2.46. The van der Waals surface area contributed by atoms with Gasteiger partial charge in [-0.05, 0) is 6.07 Å². The number of halogens is 1. The molecule has 0 fully saturated rings. The van der Waals surface area contributed by atoms with Crippen LogP contribution in [-0.4, -0.2) is 30.6 Å². The van der Waals surface area contributed by atoms with E-state index in [1.54, 1.807) is 0 Å². The van der Waals surface area contributed by atoms with E-state index in [9.17, 15) is 19.3 Å². The van der Waals surface area contributed by atoms with Crippen molar-refractivity contribution in [3.63, 3.8) is 0 Å². The minimum Gasteiger partial charge on any atom is -0.380 e. The number of hydrogen-bond donors (Lipinski definition) is 2. The van der Waals surface area contributed by atoms with Gasteiger partial charge in [-0.15, -0.1) is 0 Å². The quantitative estimate of drug-likeness (QED) is 0.593. The van der Waals surface area contributed by atoms with Crippen molar-refractivity contribution in [2.45, 2.75) is 12.5 Å². The summed E-state index contributed by atoms with van der Waals surface area (Å²) in [6.45, 7) is 0.114. The zero-order valence-corrected chi connectivity index (χ0v) is 10.3. The molecule has 1 aromatic carbocycles. The Morgan fingerprint density at radius 3 is 2.84 bits per heavy atom. The smallest absolute Gasteiger partial charge is 0.295 e. The van der Waals surface area contributed by atoms with Crippen molar-refractivity contribution in [2.24, 2.45) is 5.73 Å². The summed E-state index contributed by atoms with van der Waals surface area (Å²) >= 11 is 0. The topological polar surface area (TPSA) is 107 Å². The van der Waals surface area contributed by atoms with E-state index in [-0.39, 0.29) is 13.0 Å². The van der Waals surface area contributed by atoms with Crippen LogP contribution in [0.4, 0.5) is 15.8 Å². The number of hydrogen-bond acceptors (Lipinski definition) is 5. The molecule has 0 bridgehead atoms. The van der Waals surface area contributed by atoms with Crippen LogP contribution < -0.4 is 11.1 Å². The fraction of sp³-hybridized carbons (Fsp3) is 0.364. The van der Waals surface area contributed by atoms with E-state index in [0.717, 1.165) is 12.1 Å². The van der Waals surface area contributed by atoms with Gasteiger partial charge in [0.1, 0.15) is 0 Å². The Hall–Kier alpha value is -2.06. The van der Waals surface area contributed by atoms with Gasteiger partial charge in [-0.3, -0.25) is 14.9 Å². The molecule has 0 radical (unpaired) electrons. The predicted octanol–water partition coefficient (Wildman–Crippen LogP) is 1.04.